The Bertz CT molecular complexity index is 343. The van der Waals surface area contributed by atoms with Crippen molar-refractivity contribution in [3.63, 3.8) is 0 Å². The Kier molecular flexibility index (Phi) is 3.96. The molecule has 0 spiro atoms. The van der Waals surface area contributed by atoms with Crippen LogP contribution in [0.2, 0.25) is 0 Å². The fraction of sp³-hybridized carbons (Fsp3) is 0.500. The van der Waals surface area contributed by atoms with E-state index in [2.05, 4.69) is 23.9 Å². The number of nitrogens with two attached hydrogens (primary N) is 1. The Morgan fingerprint density at radius 2 is 2.40 bits per heavy atom. The second-order valence-corrected chi connectivity index (χ2v) is 3.73. The van der Waals surface area contributed by atoms with Crippen molar-refractivity contribution in [2.75, 3.05) is 0 Å². The molecule has 15 heavy (non-hydrogen) atoms. The predicted molar refractivity (Wildman–Crippen MR) is 68.1 cm³/mol. The topological polar surface area (TPSA) is 54.0 Å². The summed E-state index contributed by atoms with van der Waals surface area (Å²) in [4.78, 5) is 3.98. The Balaban J connectivity index is 3.13. The zero-order valence-corrected chi connectivity index (χ0v) is 10.1. The monoisotopic (exact) mass is 224 g/mol. The fourth-order valence-corrected chi connectivity index (χ4v) is 1.44. The molecule has 0 fully saturated rings. The van der Waals surface area contributed by atoms with E-state index < -0.39 is 0 Å². The molecule has 0 saturated heterocycles. The van der Waals surface area contributed by atoms with E-state index >= 15 is 0 Å². The maximum Gasteiger partial charge on any atom is 0.151 e. The third kappa shape index (κ3) is 2.41. The standard InChI is InChI=1S/C10H16N4S/c1-4-8(3)14-9(7(2)5-15)10(11)12-6-13-14/h5-6,8H,4H2,1-3H3,(H2,11,12,13). The number of hydrogen-bond acceptors (Lipinski definition) is 5. The van der Waals surface area contributed by atoms with Crippen molar-refractivity contribution in [2.45, 2.75) is 33.2 Å². The third-order valence-electron chi connectivity index (χ3n) is 2.40. The Labute approximate surface area is 95.5 Å². The second-order valence-electron chi connectivity index (χ2n) is 3.50. The van der Waals surface area contributed by atoms with Gasteiger partial charge < -0.3 is 5.73 Å². The summed E-state index contributed by atoms with van der Waals surface area (Å²) in [6, 6.07) is 0.287. The molecule has 0 bridgehead atoms. The lowest BCUT2D eigenvalue weighted by Crippen LogP contribution is -2.37. The van der Waals surface area contributed by atoms with Crippen molar-refractivity contribution in [2.24, 2.45) is 15.8 Å². The van der Waals surface area contributed by atoms with Crippen molar-refractivity contribution in [1.82, 2.24) is 5.01 Å². The first-order valence-electron chi connectivity index (χ1n) is 4.93. The van der Waals surface area contributed by atoms with Gasteiger partial charge in [0.25, 0.3) is 0 Å². The zero-order valence-electron chi connectivity index (χ0n) is 9.27. The summed E-state index contributed by atoms with van der Waals surface area (Å²) >= 11 is 4.91. The summed E-state index contributed by atoms with van der Waals surface area (Å²) in [5, 5.41) is 7.70. The van der Waals surface area contributed by atoms with Crippen molar-refractivity contribution in [1.29, 1.82) is 0 Å². The molecule has 0 aliphatic carbocycles. The summed E-state index contributed by atoms with van der Waals surface area (Å²) in [5.41, 5.74) is 7.57. The lowest BCUT2D eigenvalue weighted by Gasteiger charge is -2.29. The van der Waals surface area contributed by atoms with Gasteiger partial charge in [-0.25, -0.2) is 4.99 Å². The van der Waals surface area contributed by atoms with E-state index in [4.69, 9.17) is 18.0 Å². The van der Waals surface area contributed by atoms with Crippen molar-refractivity contribution in [3.8, 4) is 0 Å². The molecule has 2 N–H and O–H groups in total. The molecule has 1 heterocycles. The van der Waals surface area contributed by atoms with Crippen LogP contribution in [0.5, 0.6) is 0 Å². The number of hydrazone groups is 1. The van der Waals surface area contributed by atoms with Gasteiger partial charge in [-0.1, -0.05) is 19.1 Å². The quantitative estimate of drug-likeness (QED) is 0.586. The molecule has 5 heteroatoms. The number of nitrogens with zero attached hydrogens (tertiary/aromatic N) is 3. The maximum atomic E-state index is 5.83. The zero-order chi connectivity index (χ0) is 11.4. The Hall–Kier alpha value is -1.23. The van der Waals surface area contributed by atoms with E-state index in [9.17, 15) is 0 Å². The van der Waals surface area contributed by atoms with Gasteiger partial charge in [-0.3, -0.25) is 5.01 Å². The van der Waals surface area contributed by atoms with Crippen LogP contribution in [0.15, 0.2) is 21.4 Å². The fourth-order valence-electron chi connectivity index (χ4n) is 1.33. The highest BCUT2D eigenvalue weighted by atomic mass is 32.1. The van der Waals surface area contributed by atoms with Crippen LogP contribution in [0.4, 0.5) is 0 Å². The van der Waals surface area contributed by atoms with Crippen LogP contribution in [0, 0.1) is 0 Å². The Morgan fingerprint density at radius 3 is 2.93 bits per heavy atom. The third-order valence-corrected chi connectivity index (χ3v) is 2.76. The highest BCUT2D eigenvalue weighted by molar-refractivity contribution is 7.79. The minimum Gasteiger partial charge on any atom is -0.382 e. The first-order chi connectivity index (χ1) is 7.11. The van der Waals surface area contributed by atoms with Crippen LogP contribution < -0.4 is 5.73 Å². The van der Waals surface area contributed by atoms with Gasteiger partial charge in [0.15, 0.2) is 5.84 Å². The van der Waals surface area contributed by atoms with Gasteiger partial charge in [0, 0.05) is 11.4 Å². The minimum absolute atomic E-state index is 0.287. The van der Waals surface area contributed by atoms with E-state index in [-0.39, 0.29) is 6.04 Å². The van der Waals surface area contributed by atoms with E-state index in [0.29, 0.717) is 5.84 Å². The summed E-state index contributed by atoms with van der Waals surface area (Å²) in [6.07, 6.45) is 2.46. The lowest BCUT2D eigenvalue weighted by atomic mass is 10.1. The van der Waals surface area contributed by atoms with Gasteiger partial charge in [0.2, 0.25) is 0 Å². The van der Waals surface area contributed by atoms with E-state index in [0.717, 1.165) is 17.7 Å². The SMILES string of the molecule is CCC(C)N1N=CN=C(N)C1=C(C)C=S. The number of thiocarbonyl (C=S) groups is 1. The van der Waals surface area contributed by atoms with Crippen LogP contribution >= 0.6 is 12.2 Å². The van der Waals surface area contributed by atoms with Gasteiger partial charge in [0.1, 0.15) is 12.0 Å². The molecule has 0 saturated carbocycles. The van der Waals surface area contributed by atoms with Crippen molar-refractivity contribution < 1.29 is 0 Å². The van der Waals surface area contributed by atoms with Crippen LogP contribution in [0.3, 0.4) is 0 Å². The molecular weight excluding hydrogens is 208 g/mol. The molecule has 0 amide bonds. The van der Waals surface area contributed by atoms with E-state index in [1.54, 1.807) is 5.37 Å². The van der Waals surface area contributed by atoms with Gasteiger partial charge in [-0.05, 0) is 25.8 Å². The summed E-state index contributed by atoms with van der Waals surface area (Å²) in [7, 11) is 0. The second kappa shape index (κ2) is 5.02. The molecule has 1 aliphatic heterocycles. The number of hydrogen-bond donors (Lipinski definition) is 1. The number of aliphatic imine (C=N–C) groups is 1. The molecule has 1 atom stereocenters. The first-order valence-corrected chi connectivity index (χ1v) is 5.40. The summed E-state index contributed by atoms with van der Waals surface area (Å²) in [5.74, 6) is 0.476. The van der Waals surface area contributed by atoms with Gasteiger partial charge >= 0.3 is 0 Å². The molecule has 0 aromatic carbocycles. The van der Waals surface area contributed by atoms with Gasteiger partial charge in [-0.15, -0.1) is 0 Å². The molecule has 0 aromatic heterocycles. The molecule has 0 radical (unpaired) electrons. The van der Waals surface area contributed by atoms with E-state index in [1.807, 2.05) is 11.9 Å². The van der Waals surface area contributed by atoms with Crippen LogP contribution in [-0.2, 0) is 0 Å². The molecular formula is C10H16N4S. The summed E-state index contributed by atoms with van der Waals surface area (Å²) in [6.45, 7) is 6.11. The molecule has 1 unspecified atom stereocenters. The van der Waals surface area contributed by atoms with Gasteiger partial charge in [0.05, 0.1) is 0 Å². The van der Waals surface area contributed by atoms with Crippen LogP contribution in [-0.4, -0.2) is 28.6 Å². The number of rotatable bonds is 3. The maximum absolute atomic E-state index is 5.83. The van der Waals surface area contributed by atoms with Crippen LogP contribution in [0.25, 0.3) is 0 Å². The first kappa shape index (κ1) is 11.8. The van der Waals surface area contributed by atoms with Crippen LogP contribution in [0.1, 0.15) is 27.2 Å². The smallest absolute Gasteiger partial charge is 0.151 e. The van der Waals surface area contributed by atoms with E-state index in [1.165, 1.54) is 6.34 Å². The average molecular weight is 224 g/mol. The van der Waals surface area contributed by atoms with Gasteiger partial charge in [-0.2, -0.15) is 5.10 Å². The van der Waals surface area contributed by atoms with Crippen molar-refractivity contribution >= 4 is 29.8 Å². The lowest BCUT2D eigenvalue weighted by molar-refractivity contribution is 0.284. The predicted octanol–water partition coefficient (Wildman–Crippen LogP) is 1.67. The average Bonchev–Trinajstić information content (AvgIpc) is 2.26. The largest absolute Gasteiger partial charge is 0.382 e. The molecule has 4 nitrogen and oxygen atoms in total. The molecule has 1 aliphatic rings. The molecule has 1 rings (SSSR count). The molecule has 82 valence electrons. The highest BCUT2D eigenvalue weighted by Gasteiger charge is 2.21. The number of allylic oxidation sites excluding steroid dienone is 1. The minimum atomic E-state index is 0.287. The Morgan fingerprint density at radius 1 is 1.73 bits per heavy atom. The number of amidine groups is 1. The summed E-state index contributed by atoms with van der Waals surface area (Å²) < 4.78 is 0. The van der Waals surface area contributed by atoms with Crippen molar-refractivity contribution in [3.05, 3.63) is 11.3 Å². The molecule has 0 aromatic rings. The highest BCUT2D eigenvalue weighted by Crippen LogP contribution is 2.18. The normalized spacial score (nSPS) is 21.0.